The minimum atomic E-state index is -0.354. The Labute approximate surface area is 82.9 Å². The summed E-state index contributed by atoms with van der Waals surface area (Å²) in [5.41, 5.74) is 1.68. The zero-order chi connectivity index (χ0) is 10.2. The molecule has 1 aromatic carbocycles. The van der Waals surface area contributed by atoms with E-state index >= 15 is 0 Å². The molecule has 0 amide bonds. The number of hydrogen-bond acceptors (Lipinski definition) is 2. The first-order valence-corrected chi connectivity index (χ1v) is 4.87. The van der Waals surface area contributed by atoms with Crippen LogP contribution in [0.5, 0.6) is 0 Å². The first-order valence-electron chi connectivity index (χ1n) is 4.87. The van der Waals surface area contributed by atoms with Crippen LogP contribution in [0.1, 0.15) is 31.7 Å². The molecule has 0 N–H and O–H groups in total. The summed E-state index contributed by atoms with van der Waals surface area (Å²) in [6, 6.07) is 6.96. The number of nitrogens with zero attached hydrogens (tertiary/aromatic N) is 1. The number of nitro groups is 1. The lowest BCUT2D eigenvalue weighted by molar-refractivity contribution is -0.384. The molecule has 2 rings (SSSR count). The van der Waals surface area contributed by atoms with Gasteiger partial charge < -0.3 is 0 Å². The molecular formula is C11H13NO2. The summed E-state index contributed by atoms with van der Waals surface area (Å²) in [4.78, 5) is 10.1. The van der Waals surface area contributed by atoms with Crippen LogP contribution in [-0.2, 0) is 5.41 Å². The molecule has 0 bridgehead atoms. The van der Waals surface area contributed by atoms with E-state index in [1.807, 2.05) is 12.1 Å². The smallest absolute Gasteiger partial charge is 0.258 e. The van der Waals surface area contributed by atoms with Gasteiger partial charge in [0.2, 0.25) is 0 Å². The first kappa shape index (κ1) is 9.19. The molecule has 0 radical (unpaired) electrons. The molecule has 0 aromatic heterocycles. The fourth-order valence-corrected chi connectivity index (χ4v) is 1.98. The monoisotopic (exact) mass is 191 g/mol. The van der Waals surface area contributed by atoms with Gasteiger partial charge in [-0.1, -0.05) is 25.5 Å². The Kier molecular flexibility index (Phi) is 2.02. The quantitative estimate of drug-likeness (QED) is 0.532. The Morgan fingerprint density at radius 2 is 1.86 bits per heavy atom. The minimum absolute atomic E-state index is 0.177. The van der Waals surface area contributed by atoms with E-state index in [2.05, 4.69) is 6.92 Å². The Hall–Kier alpha value is -1.38. The molecule has 0 aliphatic heterocycles. The first-order chi connectivity index (χ1) is 6.62. The molecule has 3 heteroatoms. The van der Waals surface area contributed by atoms with Crippen LogP contribution < -0.4 is 0 Å². The number of rotatable bonds is 2. The summed E-state index contributed by atoms with van der Waals surface area (Å²) in [7, 11) is 0. The number of hydrogen-bond donors (Lipinski definition) is 0. The van der Waals surface area contributed by atoms with Crippen molar-refractivity contribution >= 4 is 5.69 Å². The average molecular weight is 191 g/mol. The second-order valence-electron chi connectivity index (χ2n) is 4.22. The van der Waals surface area contributed by atoms with Crippen LogP contribution in [0.25, 0.3) is 0 Å². The van der Waals surface area contributed by atoms with Crippen molar-refractivity contribution in [2.75, 3.05) is 0 Å². The van der Waals surface area contributed by atoms with Gasteiger partial charge in [0, 0.05) is 12.1 Å². The molecule has 3 nitrogen and oxygen atoms in total. The van der Waals surface area contributed by atoms with Crippen LogP contribution in [0.4, 0.5) is 5.69 Å². The van der Waals surface area contributed by atoms with E-state index in [9.17, 15) is 10.1 Å². The Morgan fingerprint density at radius 3 is 2.21 bits per heavy atom. The largest absolute Gasteiger partial charge is 0.269 e. The maximum absolute atomic E-state index is 10.5. The SMILES string of the molecule is CC1(c2ccc([N+](=O)[O-])cc2)CCC1. The predicted molar refractivity (Wildman–Crippen MR) is 54.3 cm³/mol. The van der Waals surface area contributed by atoms with Gasteiger partial charge in [0.1, 0.15) is 0 Å². The molecule has 1 saturated carbocycles. The zero-order valence-corrected chi connectivity index (χ0v) is 8.19. The maximum atomic E-state index is 10.5. The van der Waals surface area contributed by atoms with Crippen LogP contribution in [0.2, 0.25) is 0 Å². The molecule has 1 aliphatic rings. The summed E-state index contributed by atoms with van der Waals surface area (Å²) >= 11 is 0. The molecule has 0 heterocycles. The molecule has 0 atom stereocenters. The van der Waals surface area contributed by atoms with Gasteiger partial charge in [-0.25, -0.2) is 0 Å². The van der Waals surface area contributed by atoms with Gasteiger partial charge in [-0.3, -0.25) is 10.1 Å². The second kappa shape index (κ2) is 3.08. The highest BCUT2D eigenvalue weighted by Gasteiger charge is 2.33. The molecule has 0 unspecified atom stereocenters. The highest BCUT2D eigenvalue weighted by atomic mass is 16.6. The van der Waals surface area contributed by atoms with E-state index in [0.29, 0.717) is 0 Å². The molecule has 14 heavy (non-hydrogen) atoms. The topological polar surface area (TPSA) is 43.1 Å². The average Bonchev–Trinajstić information content (AvgIpc) is 2.14. The van der Waals surface area contributed by atoms with Crippen molar-refractivity contribution in [3.05, 3.63) is 39.9 Å². The molecule has 0 saturated heterocycles. The summed E-state index contributed by atoms with van der Waals surface area (Å²) in [6.07, 6.45) is 3.67. The van der Waals surface area contributed by atoms with Crippen LogP contribution >= 0.6 is 0 Å². The molecule has 74 valence electrons. The van der Waals surface area contributed by atoms with Gasteiger partial charge >= 0.3 is 0 Å². The molecule has 0 spiro atoms. The third-order valence-electron chi connectivity index (χ3n) is 3.23. The fraction of sp³-hybridized carbons (Fsp3) is 0.455. The van der Waals surface area contributed by atoms with E-state index in [1.54, 1.807) is 12.1 Å². The predicted octanol–water partition coefficient (Wildman–Crippen LogP) is 3.04. The Bertz CT molecular complexity index is 352. The second-order valence-corrected chi connectivity index (χ2v) is 4.22. The van der Waals surface area contributed by atoms with Crippen molar-refractivity contribution in [2.24, 2.45) is 0 Å². The lowest BCUT2D eigenvalue weighted by Gasteiger charge is -2.38. The van der Waals surface area contributed by atoms with E-state index in [4.69, 9.17) is 0 Å². The standard InChI is InChI=1S/C11H13NO2/c1-11(7-2-8-11)9-3-5-10(6-4-9)12(13)14/h3-6H,2,7-8H2,1H3. The fourth-order valence-electron chi connectivity index (χ4n) is 1.98. The van der Waals surface area contributed by atoms with Crippen molar-refractivity contribution in [3.63, 3.8) is 0 Å². The number of benzene rings is 1. The van der Waals surface area contributed by atoms with E-state index in [1.165, 1.54) is 24.8 Å². The van der Waals surface area contributed by atoms with Crippen molar-refractivity contribution in [3.8, 4) is 0 Å². The lowest BCUT2D eigenvalue weighted by atomic mass is 9.66. The maximum Gasteiger partial charge on any atom is 0.269 e. The summed E-state index contributed by atoms with van der Waals surface area (Å²) < 4.78 is 0. The van der Waals surface area contributed by atoms with Gasteiger partial charge in [-0.2, -0.15) is 0 Å². The van der Waals surface area contributed by atoms with Crippen molar-refractivity contribution in [1.82, 2.24) is 0 Å². The van der Waals surface area contributed by atoms with E-state index in [0.717, 1.165) is 0 Å². The highest BCUT2D eigenvalue weighted by Crippen LogP contribution is 2.43. The van der Waals surface area contributed by atoms with Crippen LogP contribution in [0.15, 0.2) is 24.3 Å². The van der Waals surface area contributed by atoms with Crippen LogP contribution in [-0.4, -0.2) is 4.92 Å². The van der Waals surface area contributed by atoms with Gasteiger partial charge in [-0.05, 0) is 23.8 Å². The molecule has 1 aromatic rings. The molecular weight excluding hydrogens is 178 g/mol. The number of non-ortho nitro benzene ring substituents is 1. The lowest BCUT2D eigenvalue weighted by Crippen LogP contribution is -2.30. The normalized spacial score (nSPS) is 18.6. The Balaban J connectivity index is 2.25. The van der Waals surface area contributed by atoms with Crippen molar-refractivity contribution in [1.29, 1.82) is 0 Å². The van der Waals surface area contributed by atoms with Crippen molar-refractivity contribution < 1.29 is 4.92 Å². The summed E-state index contributed by atoms with van der Waals surface area (Å²) in [5, 5.41) is 10.5. The van der Waals surface area contributed by atoms with E-state index in [-0.39, 0.29) is 16.0 Å². The van der Waals surface area contributed by atoms with Crippen LogP contribution in [0.3, 0.4) is 0 Å². The summed E-state index contributed by atoms with van der Waals surface area (Å²) in [6.45, 7) is 2.22. The summed E-state index contributed by atoms with van der Waals surface area (Å²) in [5.74, 6) is 0. The number of nitro benzene ring substituents is 1. The Morgan fingerprint density at radius 1 is 1.29 bits per heavy atom. The molecule has 1 aliphatic carbocycles. The highest BCUT2D eigenvalue weighted by molar-refractivity contribution is 5.37. The van der Waals surface area contributed by atoms with Gasteiger partial charge in [0.15, 0.2) is 0 Å². The van der Waals surface area contributed by atoms with Gasteiger partial charge in [-0.15, -0.1) is 0 Å². The zero-order valence-electron chi connectivity index (χ0n) is 8.19. The van der Waals surface area contributed by atoms with E-state index < -0.39 is 0 Å². The van der Waals surface area contributed by atoms with Crippen molar-refractivity contribution in [2.45, 2.75) is 31.6 Å². The minimum Gasteiger partial charge on any atom is -0.258 e. The molecule has 1 fully saturated rings. The van der Waals surface area contributed by atoms with Gasteiger partial charge in [0.25, 0.3) is 5.69 Å². The van der Waals surface area contributed by atoms with Crippen LogP contribution in [0, 0.1) is 10.1 Å². The van der Waals surface area contributed by atoms with Gasteiger partial charge in [0.05, 0.1) is 4.92 Å². The third-order valence-corrected chi connectivity index (χ3v) is 3.23. The third kappa shape index (κ3) is 1.39.